The van der Waals surface area contributed by atoms with Crippen molar-refractivity contribution in [2.24, 2.45) is 0 Å². The van der Waals surface area contributed by atoms with E-state index < -0.39 is 0 Å². The quantitative estimate of drug-likeness (QED) is 0.929. The summed E-state index contributed by atoms with van der Waals surface area (Å²) in [5.74, 6) is 1.55. The Morgan fingerprint density at radius 2 is 2.15 bits per heavy atom. The molecule has 2 aromatic rings. The molecule has 0 aromatic carbocycles. The lowest BCUT2D eigenvalue weighted by Gasteiger charge is -2.23. The van der Waals surface area contributed by atoms with E-state index >= 15 is 0 Å². The predicted octanol–water partition coefficient (Wildman–Crippen LogP) is 2.81. The summed E-state index contributed by atoms with van der Waals surface area (Å²) in [5.41, 5.74) is 2.33. The summed E-state index contributed by atoms with van der Waals surface area (Å²) >= 11 is 0. The van der Waals surface area contributed by atoms with Crippen molar-refractivity contribution in [2.45, 2.75) is 39.0 Å². The zero-order valence-electron chi connectivity index (χ0n) is 11.7. The average molecular weight is 272 g/mol. The molecule has 3 heterocycles. The van der Waals surface area contributed by atoms with Crippen LogP contribution in [0.15, 0.2) is 34.9 Å². The van der Waals surface area contributed by atoms with Crippen LogP contribution in [0.1, 0.15) is 41.7 Å². The van der Waals surface area contributed by atoms with Gasteiger partial charge in [0.05, 0.1) is 6.54 Å². The number of aromatic nitrogens is 1. The SMILES string of the molecule is Cc1ccc(C2CCCN2Cc2ccc(CO)o2)cn1. The molecule has 1 aliphatic heterocycles. The van der Waals surface area contributed by atoms with Crippen molar-refractivity contribution in [2.75, 3.05) is 6.54 Å². The third-order valence-electron chi connectivity index (χ3n) is 3.91. The van der Waals surface area contributed by atoms with Gasteiger partial charge >= 0.3 is 0 Å². The Balaban J connectivity index is 1.73. The summed E-state index contributed by atoms with van der Waals surface area (Å²) in [6.07, 6.45) is 4.35. The van der Waals surface area contributed by atoms with E-state index in [1.54, 1.807) is 0 Å². The minimum Gasteiger partial charge on any atom is -0.462 e. The predicted molar refractivity (Wildman–Crippen MR) is 76.0 cm³/mol. The van der Waals surface area contributed by atoms with Crippen molar-refractivity contribution in [3.05, 3.63) is 53.2 Å². The molecule has 106 valence electrons. The largest absolute Gasteiger partial charge is 0.462 e. The van der Waals surface area contributed by atoms with Gasteiger partial charge in [-0.1, -0.05) is 6.07 Å². The average Bonchev–Trinajstić information content (AvgIpc) is 3.09. The summed E-state index contributed by atoms with van der Waals surface area (Å²) in [5, 5.41) is 9.05. The lowest BCUT2D eigenvalue weighted by Crippen LogP contribution is -2.22. The van der Waals surface area contributed by atoms with Crippen molar-refractivity contribution in [3.63, 3.8) is 0 Å². The summed E-state index contributed by atoms with van der Waals surface area (Å²) in [7, 11) is 0. The highest BCUT2D eigenvalue weighted by atomic mass is 16.4. The van der Waals surface area contributed by atoms with E-state index in [1.807, 2.05) is 25.3 Å². The number of aliphatic hydroxyl groups excluding tert-OH is 1. The number of nitrogens with zero attached hydrogens (tertiary/aromatic N) is 2. The Labute approximate surface area is 119 Å². The first-order valence-electron chi connectivity index (χ1n) is 7.11. The summed E-state index contributed by atoms with van der Waals surface area (Å²) in [4.78, 5) is 6.82. The van der Waals surface area contributed by atoms with E-state index in [4.69, 9.17) is 9.52 Å². The summed E-state index contributed by atoms with van der Waals surface area (Å²) < 4.78 is 5.59. The maximum Gasteiger partial charge on any atom is 0.129 e. The van der Waals surface area contributed by atoms with Crippen LogP contribution >= 0.6 is 0 Å². The molecule has 1 saturated heterocycles. The third-order valence-corrected chi connectivity index (χ3v) is 3.91. The number of likely N-dealkylation sites (tertiary alicyclic amines) is 1. The van der Waals surface area contributed by atoms with Crippen LogP contribution in [0.25, 0.3) is 0 Å². The van der Waals surface area contributed by atoms with Crippen LogP contribution in [0.3, 0.4) is 0 Å². The molecule has 0 bridgehead atoms. The van der Waals surface area contributed by atoms with E-state index in [0.29, 0.717) is 11.8 Å². The van der Waals surface area contributed by atoms with E-state index in [2.05, 4.69) is 22.0 Å². The van der Waals surface area contributed by atoms with Crippen LogP contribution in [-0.2, 0) is 13.2 Å². The van der Waals surface area contributed by atoms with Gasteiger partial charge in [-0.2, -0.15) is 0 Å². The Bertz CT molecular complexity index is 562. The van der Waals surface area contributed by atoms with Crippen LogP contribution in [0.4, 0.5) is 0 Å². The van der Waals surface area contributed by atoms with Crippen LogP contribution in [0.2, 0.25) is 0 Å². The number of pyridine rings is 1. The van der Waals surface area contributed by atoms with Gasteiger partial charge in [0.15, 0.2) is 0 Å². The monoisotopic (exact) mass is 272 g/mol. The molecule has 1 fully saturated rings. The molecule has 0 spiro atoms. The molecule has 0 aliphatic carbocycles. The Kier molecular flexibility index (Phi) is 3.85. The smallest absolute Gasteiger partial charge is 0.129 e. The van der Waals surface area contributed by atoms with E-state index in [0.717, 1.165) is 31.0 Å². The minimum absolute atomic E-state index is 0.0364. The number of aryl methyl sites for hydroxylation is 1. The van der Waals surface area contributed by atoms with Gasteiger partial charge in [-0.05, 0) is 50.1 Å². The van der Waals surface area contributed by atoms with Crippen LogP contribution < -0.4 is 0 Å². The van der Waals surface area contributed by atoms with Crippen molar-refractivity contribution in [3.8, 4) is 0 Å². The van der Waals surface area contributed by atoms with Crippen LogP contribution in [0.5, 0.6) is 0 Å². The fourth-order valence-corrected chi connectivity index (χ4v) is 2.86. The first-order chi connectivity index (χ1) is 9.76. The van der Waals surface area contributed by atoms with Crippen molar-refractivity contribution < 1.29 is 9.52 Å². The lowest BCUT2D eigenvalue weighted by atomic mass is 10.1. The number of furan rings is 1. The highest BCUT2D eigenvalue weighted by molar-refractivity contribution is 5.19. The number of aliphatic hydroxyl groups is 1. The molecule has 1 atom stereocenters. The fraction of sp³-hybridized carbons (Fsp3) is 0.438. The van der Waals surface area contributed by atoms with Gasteiger partial charge in [0.25, 0.3) is 0 Å². The maximum atomic E-state index is 9.05. The maximum absolute atomic E-state index is 9.05. The third kappa shape index (κ3) is 2.76. The van der Waals surface area contributed by atoms with Gasteiger partial charge in [-0.15, -0.1) is 0 Å². The highest BCUT2D eigenvalue weighted by Crippen LogP contribution is 2.33. The molecule has 4 heteroatoms. The number of hydrogen-bond donors (Lipinski definition) is 1. The zero-order valence-corrected chi connectivity index (χ0v) is 11.7. The van der Waals surface area contributed by atoms with Gasteiger partial charge in [0.1, 0.15) is 18.1 Å². The Morgan fingerprint density at radius 1 is 1.30 bits per heavy atom. The van der Waals surface area contributed by atoms with Gasteiger partial charge in [0, 0.05) is 17.9 Å². The molecule has 0 radical (unpaired) electrons. The van der Waals surface area contributed by atoms with Gasteiger partial charge in [-0.25, -0.2) is 0 Å². The van der Waals surface area contributed by atoms with E-state index in [1.165, 1.54) is 12.0 Å². The van der Waals surface area contributed by atoms with Gasteiger partial charge in [0.2, 0.25) is 0 Å². The molecule has 0 amide bonds. The highest BCUT2D eigenvalue weighted by Gasteiger charge is 2.26. The molecule has 1 aliphatic rings. The minimum atomic E-state index is -0.0364. The fourth-order valence-electron chi connectivity index (χ4n) is 2.86. The molecule has 0 saturated carbocycles. The van der Waals surface area contributed by atoms with E-state index in [9.17, 15) is 0 Å². The summed E-state index contributed by atoms with van der Waals surface area (Å²) in [6.45, 7) is 3.84. The molecule has 20 heavy (non-hydrogen) atoms. The second-order valence-electron chi connectivity index (χ2n) is 5.39. The summed E-state index contributed by atoms with van der Waals surface area (Å²) in [6, 6.07) is 8.46. The molecule has 4 nitrogen and oxygen atoms in total. The second-order valence-corrected chi connectivity index (χ2v) is 5.39. The van der Waals surface area contributed by atoms with Gasteiger partial charge in [-0.3, -0.25) is 9.88 Å². The van der Waals surface area contributed by atoms with Crippen LogP contribution in [-0.4, -0.2) is 21.5 Å². The second kappa shape index (κ2) is 5.77. The van der Waals surface area contributed by atoms with Crippen molar-refractivity contribution in [1.29, 1.82) is 0 Å². The normalized spacial score (nSPS) is 19.6. The zero-order chi connectivity index (χ0) is 13.9. The molecular weight excluding hydrogens is 252 g/mol. The number of rotatable bonds is 4. The molecule has 2 aromatic heterocycles. The number of hydrogen-bond acceptors (Lipinski definition) is 4. The molecule has 3 rings (SSSR count). The van der Waals surface area contributed by atoms with Gasteiger partial charge < -0.3 is 9.52 Å². The lowest BCUT2D eigenvalue weighted by molar-refractivity contribution is 0.209. The van der Waals surface area contributed by atoms with Crippen molar-refractivity contribution in [1.82, 2.24) is 9.88 Å². The molecular formula is C16H20N2O2. The van der Waals surface area contributed by atoms with Crippen molar-refractivity contribution >= 4 is 0 Å². The Morgan fingerprint density at radius 3 is 2.85 bits per heavy atom. The first-order valence-corrected chi connectivity index (χ1v) is 7.11. The molecule has 1 N–H and O–H groups in total. The topological polar surface area (TPSA) is 49.5 Å². The first kappa shape index (κ1) is 13.3. The molecule has 1 unspecified atom stereocenters. The van der Waals surface area contributed by atoms with E-state index in [-0.39, 0.29) is 6.61 Å². The van der Waals surface area contributed by atoms with Crippen LogP contribution in [0, 0.1) is 6.92 Å². The Hall–Kier alpha value is -1.65. The standard InChI is InChI=1S/C16H20N2O2/c1-12-4-5-13(9-17-12)16-3-2-8-18(16)10-14-6-7-15(11-19)20-14/h4-7,9,16,19H,2-3,8,10-11H2,1H3.